The number of rotatable bonds is 3. The Morgan fingerprint density at radius 1 is 1.23 bits per heavy atom. The third-order valence-corrected chi connectivity index (χ3v) is 5.69. The lowest BCUT2D eigenvalue weighted by molar-refractivity contribution is -0.147. The lowest BCUT2D eigenvalue weighted by atomic mass is 9.72. The SMILES string of the molecule is CC(C)(C)OC(=O)N1C[C@@H]2CC[C@H](Oc3ccc(F)cc3C#N)C[C@@H]2C[C@H]1C(=O)O. The smallest absolute Gasteiger partial charge is 0.411 e. The molecule has 0 unspecified atom stereocenters. The van der Waals surface area contributed by atoms with Gasteiger partial charge in [-0.1, -0.05) is 0 Å². The number of hydrogen-bond donors (Lipinski definition) is 1. The first-order valence-corrected chi connectivity index (χ1v) is 10.2. The molecule has 2 fully saturated rings. The van der Waals surface area contributed by atoms with Gasteiger partial charge in [-0.3, -0.25) is 4.90 Å². The van der Waals surface area contributed by atoms with Gasteiger partial charge in [-0.25, -0.2) is 14.0 Å². The molecule has 1 aromatic carbocycles. The van der Waals surface area contributed by atoms with E-state index < -0.39 is 29.5 Å². The first kappa shape index (κ1) is 21.9. The fraction of sp³-hybridized carbons (Fsp3) is 0.591. The molecule has 0 aromatic heterocycles. The Morgan fingerprint density at radius 3 is 2.60 bits per heavy atom. The van der Waals surface area contributed by atoms with Crippen LogP contribution in [0.4, 0.5) is 9.18 Å². The molecule has 1 heterocycles. The minimum absolute atomic E-state index is 0.0783. The van der Waals surface area contributed by atoms with Gasteiger partial charge in [0.1, 0.15) is 29.3 Å². The second kappa shape index (κ2) is 8.50. The Morgan fingerprint density at radius 2 is 1.97 bits per heavy atom. The van der Waals surface area contributed by atoms with E-state index in [0.29, 0.717) is 31.6 Å². The van der Waals surface area contributed by atoms with Crippen LogP contribution < -0.4 is 4.74 Å². The highest BCUT2D eigenvalue weighted by atomic mass is 19.1. The average Bonchev–Trinajstić information content (AvgIpc) is 2.66. The number of carboxylic acid groups (broad SMARTS) is 1. The number of fused-ring (bicyclic) bond motifs is 1. The van der Waals surface area contributed by atoms with Crippen molar-refractivity contribution in [3.63, 3.8) is 0 Å². The maximum Gasteiger partial charge on any atom is 0.411 e. The summed E-state index contributed by atoms with van der Waals surface area (Å²) in [6.07, 6.45) is 1.64. The van der Waals surface area contributed by atoms with Gasteiger partial charge in [0.05, 0.1) is 11.7 Å². The van der Waals surface area contributed by atoms with Crippen LogP contribution >= 0.6 is 0 Å². The van der Waals surface area contributed by atoms with Crippen LogP contribution in [0.5, 0.6) is 5.75 Å². The van der Waals surface area contributed by atoms with Crippen LogP contribution in [0.25, 0.3) is 0 Å². The van der Waals surface area contributed by atoms with Crippen molar-refractivity contribution < 1.29 is 28.6 Å². The Labute approximate surface area is 175 Å². The van der Waals surface area contributed by atoms with Gasteiger partial charge in [-0.05, 0) is 76.5 Å². The predicted molar refractivity (Wildman–Crippen MR) is 105 cm³/mol. The molecule has 1 aliphatic heterocycles. The van der Waals surface area contributed by atoms with E-state index in [0.717, 1.165) is 12.5 Å². The van der Waals surface area contributed by atoms with E-state index in [9.17, 15) is 24.3 Å². The molecule has 30 heavy (non-hydrogen) atoms. The number of piperidine rings is 1. The fourth-order valence-electron chi connectivity index (χ4n) is 4.34. The molecule has 7 nitrogen and oxygen atoms in total. The summed E-state index contributed by atoms with van der Waals surface area (Å²) in [4.78, 5) is 25.7. The Kier molecular flexibility index (Phi) is 6.20. The quantitative estimate of drug-likeness (QED) is 0.798. The molecule has 1 N–H and O–H groups in total. The van der Waals surface area contributed by atoms with Gasteiger partial charge < -0.3 is 14.6 Å². The maximum atomic E-state index is 13.4. The average molecular weight is 418 g/mol. The Bertz CT molecular complexity index is 860. The number of hydrogen-bond acceptors (Lipinski definition) is 5. The summed E-state index contributed by atoms with van der Waals surface area (Å²) in [6.45, 7) is 5.59. The highest BCUT2D eigenvalue weighted by molar-refractivity contribution is 5.80. The lowest BCUT2D eigenvalue weighted by Gasteiger charge is -2.46. The molecule has 1 saturated heterocycles. The first-order chi connectivity index (χ1) is 14.1. The highest BCUT2D eigenvalue weighted by Gasteiger charge is 2.45. The lowest BCUT2D eigenvalue weighted by Crippen LogP contribution is -2.56. The molecule has 4 atom stereocenters. The number of likely N-dealkylation sites (tertiary alicyclic amines) is 1. The molecule has 0 radical (unpaired) electrons. The van der Waals surface area contributed by atoms with E-state index in [2.05, 4.69) is 0 Å². The second-order valence-electron chi connectivity index (χ2n) is 9.05. The third kappa shape index (κ3) is 5.02. The molecular formula is C22H27FN2O5. The summed E-state index contributed by atoms with van der Waals surface area (Å²) in [6, 6.07) is 4.84. The summed E-state index contributed by atoms with van der Waals surface area (Å²) in [5.74, 6) is -0.969. The van der Waals surface area contributed by atoms with Gasteiger partial charge in [-0.2, -0.15) is 5.26 Å². The van der Waals surface area contributed by atoms with Crippen LogP contribution in [-0.4, -0.2) is 46.4 Å². The Balaban J connectivity index is 1.70. The van der Waals surface area contributed by atoms with E-state index >= 15 is 0 Å². The van der Waals surface area contributed by atoms with E-state index in [1.807, 2.05) is 6.07 Å². The first-order valence-electron chi connectivity index (χ1n) is 10.2. The maximum absolute atomic E-state index is 13.4. The van der Waals surface area contributed by atoms with Gasteiger partial charge in [0.2, 0.25) is 0 Å². The molecule has 3 rings (SSSR count). The number of nitrogens with zero attached hydrogens (tertiary/aromatic N) is 2. The number of halogens is 1. The zero-order valence-corrected chi connectivity index (χ0v) is 17.4. The summed E-state index contributed by atoms with van der Waals surface area (Å²) in [7, 11) is 0. The second-order valence-corrected chi connectivity index (χ2v) is 9.05. The van der Waals surface area contributed by atoms with Crippen molar-refractivity contribution >= 4 is 12.1 Å². The van der Waals surface area contributed by atoms with Crippen LogP contribution in [-0.2, 0) is 9.53 Å². The van der Waals surface area contributed by atoms with Gasteiger partial charge in [0.15, 0.2) is 0 Å². The van der Waals surface area contributed by atoms with Crippen molar-refractivity contribution in [2.45, 2.75) is 64.2 Å². The minimum Gasteiger partial charge on any atom is -0.489 e. The van der Waals surface area contributed by atoms with Crippen LogP contribution in [0.1, 0.15) is 52.0 Å². The van der Waals surface area contributed by atoms with E-state index in [-0.39, 0.29) is 23.5 Å². The molecule has 0 spiro atoms. The molecule has 1 aromatic rings. The Hall–Kier alpha value is -2.82. The standard InChI is InChI=1S/C22H27FN2O5/c1-22(2,3)30-21(28)25-12-13-4-6-17(9-14(13)10-18(25)20(26)27)29-19-7-5-16(23)8-15(19)11-24/h5,7-8,13-14,17-18H,4,6,9-10,12H2,1-3H3,(H,26,27)/t13-,14+,17-,18-/m0/s1. The van der Waals surface area contributed by atoms with E-state index in [1.165, 1.54) is 17.0 Å². The number of carboxylic acids is 1. The van der Waals surface area contributed by atoms with Crippen molar-refractivity contribution in [2.24, 2.45) is 11.8 Å². The number of ether oxygens (including phenoxy) is 2. The van der Waals surface area contributed by atoms with Gasteiger partial charge in [0, 0.05) is 6.54 Å². The largest absolute Gasteiger partial charge is 0.489 e. The summed E-state index contributed by atoms with van der Waals surface area (Å²) in [5, 5.41) is 18.9. The van der Waals surface area contributed by atoms with Crippen molar-refractivity contribution in [3.05, 3.63) is 29.6 Å². The van der Waals surface area contributed by atoms with Crippen molar-refractivity contribution in [1.82, 2.24) is 4.90 Å². The van der Waals surface area contributed by atoms with Crippen molar-refractivity contribution in [2.75, 3.05) is 6.54 Å². The summed E-state index contributed by atoms with van der Waals surface area (Å²) >= 11 is 0. The molecule has 8 heteroatoms. The number of carbonyl (C=O) groups is 2. The zero-order chi connectivity index (χ0) is 22.1. The van der Waals surface area contributed by atoms with Crippen molar-refractivity contribution in [1.29, 1.82) is 5.26 Å². The minimum atomic E-state index is -1.05. The number of aliphatic carboxylic acids is 1. The van der Waals surface area contributed by atoms with Gasteiger partial charge >= 0.3 is 12.1 Å². The van der Waals surface area contributed by atoms with Gasteiger partial charge in [0.25, 0.3) is 0 Å². The molecule has 1 amide bonds. The van der Waals surface area contributed by atoms with Crippen molar-refractivity contribution in [3.8, 4) is 11.8 Å². The van der Waals surface area contributed by atoms with E-state index in [4.69, 9.17) is 9.47 Å². The normalized spacial score (nSPS) is 26.3. The number of nitriles is 1. The summed E-state index contributed by atoms with van der Waals surface area (Å²) < 4.78 is 24.7. The molecule has 162 valence electrons. The predicted octanol–water partition coefficient (Wildman–Crippen LogP) is 3.96. The topological polar surface area (TPSA) is 99.9 Å². The third-order valence-electron chi connectivity index (χ3n) is 5.69. The molecule has 1 saturated carbocycles. The molecule has 1 aliphatic carbocycles. The number of carbonyl (C=O) groups excluding carboxylic acids is 1. The molecule has 0 bridgehead atoms. The fourth-order valence-corrected chi connectivity index (χ4v) is 4.34. The molecule has 2 aliphatic rings. The highest BCUT2D eigenvalue weighted by Crippen LogP contribution is 2.40. The summed E-state index contributed by atoms with van der Waals surface area (Å²) in [5.41, 5.74) is -0.559. The molecular weight excluding hydrogens is 391 g/mol. The van der Waals surface area contributed by atoms with Gasteiger partial charge in [-0.15, -0.1) is 0 Å². The van der Waals surface area contributed by atoms with E-state index in [1.54, 1.807) is 20.8 Å². The zero-order valence-electron chi connectivity index (χ0n) is 17.4. The van der Waals surface area contributed by atoms with Crippen LogP contribution in [0.3, 0.4) is 0 Å². The van der Waals surface area contributed by atoms with Crippen LogP contribution in [0.15, 0.2) is 18.2 Å². The monoisotopic (exact) mass is 418 g/mol. The number of amides is 1. The van der Waals surface area contributed by atoms with Crippen LogP contribution in [0.2, 0.25) is 0 Å². The number of benzene rings is 1. The van der Waals surface area contributed by atoms with Crippen LogP contribution in [0, 0.1) is 29.0 Å².